The van der Waals surface area contributed by atoms with Crippen molar-refractivity contribution in [3.8, 4) is 23.0 Å². The number of esters is 3. The van der Waals surface area contributed by atoms with Crippen molar-refractivity contribution in [2.24, 2.45) is 0 Å². The van der Waals surface area contributed by atoms with Gasteiger partial charge in [0.25, 0.3) is 0 Å². The number of alkyl halides is 2. The van der Waals surface area contributed by atoms with E-state index in [0.29, 0.717) is 83.5 Å². The quantitative estimate of drug-likeness (QED) is 0.0190. The number of phenolic OH excluding ortho intramolecular Hbond substituents is 1. The standard InChI is InChI=1S/C25H34O3.C23H32O2.C21H25ClO2.C10H10O2.C9H9Cl/c1-5-7-16-27-18-21-8-10-24(11-9-21)22(6-2)17-19(3)23-12-14-25(15-13-23)28-20(4)26;1-4-6-15-25-17-19-7-9-22(10-8-19)20(5-2)16-18(3)21-11-13-23(24)14-12-21;1-4-18(20-7-5-17(14-22)6-8-20)13-15(2)19-9-11-21(12-10-19)24-16(3)23;1-3-9-4-6-10(7-5-9)12-8(2)11;1-2-8-3-5-9(7-10)6-4-8/h8-15,19,22H,5-7,16-18H2,1-4H3;7-14,18,20,24H,4-6,15-17H2,1-3H3;5-12,15,18H,4,13-14H2,1-3H3;3-7H,1H2,2H3;2-6H,1,7H2. The molecule has 0 radical (unpaired) electrons. The number of benzene rings is 8. The lowest BCUT2D eigenvalue weighted by molar-refractivity contribution is -0.132. The van der Waals surface area contributed by atoms with Crippen LogP contribution in [-0.2, 0) is 48.8 Å². The molecule has 0 spiro atoms. The Morgan fingerprint density at radius 3 is 0.899 bits per heavy atom. The predicted molar refractivity (Wildman–Crippen MR) is 414 cm³/mol. The van der Waals surface area contributed by atoms with E-state index < -0.39 is 0 Å². The molecule has 0 aliphatic heterocycles. The molecule has 0 aromatic heterocycles. The smallest absolute Gasteiger partial charge is 0.308 e. The van der Waals surface area contributed by atoms with Gasteiger partial charge in [-0.05, 0) is 202 Å². The van der Waals surface area contributed by atoms with Gasteiger partial charge in [0.1, 0.15) is 23.0 Å². The van der Waals surface area contributed by atoms with Gasteiger partial charge in [0.15, 0.2) is 0 Å². The van der Waals surface area contributed by atoms with Gasteiger partial charge in [-0.1, -0.05) is 239 Å². The lowest BCUT2D eigenvalue weighted by Crippen LogP contribution is -2.05. The lowest BCUT2D eigenvalue weighted by atomic mass is 9.84. The van der Waals surface area contributed by atoms with Gasteiger partial charge < -0.3 is 28.8 Å². The molecule has 8 aromatic carbocycles. The summed E-state index contributed by atoms with van der Waals surface area (Å²) in [5.41, 5.74) is 14.9. The first-order valence-electron chi connectivity index (χ1n) is 35.3. The Bertz CT molecular complexity index is 3510. The maximum atomic E-state index is 11.1. The molecular weight excluding hydrogens is 1270 g/mol. The van der Waals surface area contributed by atoms with Crippen LogP contribution in [0.5, 0.6) is 23.0 Å². The molecule has 0 saturated heterocycles. The predicted octanol–water partition coefficient (Wildman–Crippen LogP) is 24.4. The van der Waals surface area contributed by atoms with Crippen molar-refractivity contribution in [1.29, 1.82) is 0 Å². The highest BCUT2D eigenvalue weighted by atomic mass is 35.5. The Kier molecular flexibility index (Phi) is 40.3. The van der Waals surface area contributed by atoms with Gasteiger partial charge in [-0.2, -0.15) is 0 Å². The molecule has 0 bridgehead atoms. The number of carbonyl (C=O) groups is 3. The number of aromatic hydroxyl groups is 1. The molecule has 8 aromatic rings. The van der Waals surface area contributed by atoms with Crippen molar-refractivity contribution in [2.45, 2.75) is 201 Å². The van der Waals surface area contributed by atoms with Gasteiger partial charge in [-0.3, -0.25) is 14.4 Å². The third kappa shape index (κ3) is 32.7. The minimum atomic E-state index is -0.304. The van der Waals surface area contributed by atoms with Crippen molar-refractivity contribution >= 4 is 53.3 Å². The second kappa shape index (κ2) is 47.9. The second-order valence-corrected chi connectivity index (χ2v) is 25.8. The fourth-order valence-electron chi connectivity index (χ4n) is 11.3. The summed E-state index contributed by atoms with van der Waals surface area (Å²) in [5, 5.41) is 9.45. The molecule has 1 N–H and O–H groups in total. The van der Waals surface area contributed by atoms with Crippen LogP contribution in [0.1, 0.15) is 243 Å². The van der Waals surface area contributed by atoms with Gasteiger partial charge in [0, 0.05) is 45.7 Å². The maximum Gasteiger partial charge on any atom is 0.308 e. The van der Waals surface area contributed by atoms with Gasteiger partial charge >= 0.3 is 17.9 Å². The number of carbonyl (C=O) groups excluding carboxylic acids is 3. The molecular formula is C88H110Cl2O9. The molecule has 11 heteroatoms. The summed E-state index contributed by atoms with van der Waals surface area (Å²) in [4.78, 5) is 32.6. The summed E-state index contributed by atoms with van der Waals surface area (Å²) < 4.78 is 26.5. The number of rotatable bonds is 32. The fraction of sp³-hybridized carbons (Fsp3) is 0.375. The zero-order valence-electron chi connectivity index (χ0n) is 60.8. The fourth-order valence-corrected chi connectivity index (χ4v) is 11.6. The number of halogens is 2. The van der Waals surface area contributed by atoms with E-state index in [1.165, 1.54) is 78.1 Å². The highest BCUT2D eigenvalue weighted by Gasteiger charge is 2.19. The molecule has 530 valence electrons. The van der Waals surface area contributed by atoms with Gasteiger partial charge in [-0.15, -0.1) is 23.2 Å². The molecule has 6 unspecified atom stereocenters. The average Bonchev–Trinajstić information content (AvgIpc) is 0.890. The van der Waals surface area contributed by atoms with Crippen LogP contribution in [0.15, 0.2) is 207 Å². The molecule has 0 fully saturated rings. The zero-order chi connectivity index (χ0) is 72.3. The second-order valence-electron chi connectivity index (χ2n) is 25.3. The Morgan fingerprint density at radius 2 is 0.636 bits per heavy atom. The zero-order valence-corrected chi connectivity index (χ0v) is 62.3. The number of hydrogen-bond donors (Lipinski definition) is 1. The minimum Gasteiger partial charge on any atom is -0.508 e. The normalized spacial score (nSPS) is 12.4. The Balaban J connectivity index is 0.000000274. The summed E-state index contributed by atoms with van der Waals surface area (Å²) in [6.07, 6.45) is 14.8. The summed E-state index contributed by atoms with van der Waals surface area (Å²) in [5.74, 6) is 5.32. The highest BCUT2D eigenvalue weighted by Crippen LogP contribution is 2.36. The van der Waals surface area contributed by atoms with E-state index >= 15 is 0 Å². The molecule has 0 aliphatic carbocycles. The van der Waals surface area contributed by atoms with E-state index in [-0.39, 0.29) is 17.9 Å². The average molecular weight is 1380 g/mol. The maximum absolute atomic E-state index is 11.1. The van der Waals surface area contributed by atoms with Crippen LogP contribution >= 0.6 is 23.2 Å². The molecule has 8 rings (SSSR count). The first-order chi connectivity index (χ1) is 47.8. The van der Waals surface area contributed by atoms with Crippen molar-refractivity contribution < 1.29 is 43.2 Å². The Morgan fingerprint density at radius 1 is 0.384 bits per heavy atom. The molecule has 99 heavy (non-hydrogen) atoms. The van der Waals surface area contributed by atoms with E-state index in [2.05, 4.69) is 153 Å². The molecule has 0 heterocycles. The minimum absolute atomic E-state index is 0.286. The Labute approximate surface area is 604 Å². The van der Waals surface area contributed by atoms with Crippen LogP contribution in [0, 0.1) is 0 Å². The molecule has 0 aliphatic rings. The monoisotopic (exact) mass is 1380 g/mol. The number of unbranched alkanes of at least 4 members (excludes halogenated alkanes) is 2. The van der Waals surface area contributed by atoms with Crippen molar-refractivity contribution in [2.75, 3.05) is 13.2 Å². The van der Waals surface area contributed by atoms with Crippen LogP contribution in [-0.4, -0.2) is 36.2 Å². The van der Waals surface area contributed by atoms with Crippen molar-refractivity contribution in [3.05, 3.63) is 274 Å². The molecule has 0 saturated carbocycles. The topological polar surface area (TPSA) is 118 Å². The number of phenols is 1. The third-order valence-corrected chi connectivity index (χ3v) is 18.0. The molecule has 9 nitrogen and oxygen atoms in total. The summed E-state index contributed by atoms with van der Waals surface area (Å²) >= 11 is 11.5. The summed E-state index contributed by atoms with van der Waals surface area (Å²) in [6.45, 7) is 32.5. The van der Waals surface area contributed by atoms with Crippen LogP contribution in [0.4, 0.5) is 0 Å². The lowest BCUT2D eigenvalue weighted by Gasteiger charge is -2.21. The summed E-state index contributed by atoms with van der Waals surface area (Å²) in [6, 6.07) is 64.9. The molecule has 0 amide bonds. The van der Waals surface area contributed by atoms with E-state index in [1.54, 1.807) is 30.3 Å². The SMILES string of the molecule is C=Cc1ccc(CCl)cc1.C=Cc1ccc(OC(C)=O)cc1.CCC(CC(C)c1ccc(OC(C)=O)cc1)c1ccc(CCl)cc1.CCCCOCc1ccc(C(CC)CC(C)c2ccc(O)cc2)cc1.CCCCOCc1ccc(C(CC)CC(C)c2ccc(OC(C)=O)cc2)cc1. The third-order valence-electron chi connectivity index (χ3n) is 17.4. The van der Waals surface area contributed by atoms with Crippen LogP contribution in [0.2, 0.25) is 0 Å². The van der Waals surface area contributed by atoms with E-state index in [1.807, 2.05) is 91.0 Å². The van der Waals surface area contributed by atoms with Crippen molar-refractivity contribution in [3.63, 3.8) is 0 Å². The highest BCUT2D eigenvalue weighted by molar-refractivity contribution is 6.17. The Hall–Kier alpha value is -8.05. The van der Waals surface area contributed by atoms with Gasteiger partial charge in [-0.25, -0.2) is 0 Å². The van der Waals surface area contributed by atoms with Crippen LogP contribution < -0.4 is 14.2 Å². The van der Waals surface area contributed by atoms with Gasteiger partial charge in [0.05, 0.1) is 13.2 Å². The van der Waals surface area contributed by atoms with Crippen LogP contribution in [0.3, 0.4) is 0 Å². The number of hydrogen-bond acceptors (Lipinski definition) is 9. The first-order valence-corrected chi connectivity index (χ1v) is 36.4. The number of ether oxygens (including phenoxy) is 5. The first kappa shape index (κ1) is 83.4. The van der Waals surface area contributed by atoms with E-state index in [9.17, 15) is 19.5 Å². The van der Waals surface area contributed by atoms with E-state index in [4.69, 9.17) is 46.9 Å². The van der Waals surface area contributed by atoms with E-state index in [0.717, 1.165) is 86.8 Å². The molecule has 6 atom stereocenters. The van der Waals surface area contributed by atoms with Crippen molar-refractivity contribution in [1.82, 2.24) is 0 Å². The van der Waals surface area contributed by atoms with Crippen LogP contribution in [0.25, 0.3) is 12.2 Å². The summed E-state index contributed by atoms with van der Waals surface area (Å²) in [7, 11) is 0. The largest absolute Gasteiger partial charge is 0.508 e. The van der Waals surface area contributed by atoms with Gasteiger partial charge in [0.2, 0.25) is 0 Å².